The number of ether oxygens (including phenoxy) is 2. The number of halogens is 1. The second-order valence-electron chi connectivity index (χ2n) is 5.84. The molecule has 0 saturated heterocycles. The van der Waals surface area contributed by atoms with Crippen molar-refractivity contribution in [1.29, 1.82) is 5.26 Å². The van der Waals surface area contributed by atoms with Crippen LogP contribution in [-0.2, 0) is 4.79 Å². The van der Waals surface area contributed by atoms with E-state index >= 15 is 0 Å². The molecule has 0 unspecified atom stereocenters. The molecule has 0 aliphatic carbocycles. The van der Waals surface area contributed by atoms with Gasteiger partial charge in [-0.3, -0.25) is 10.1 Å². The Morgan fingerprint density at radius 1 is 1.41 bits per heavy atom. The van der Waals surface area contributed by atoms with Crippen molar-refractivity contribution >= 4 is 73.6 Å². The van der Waals surface area contributed by atoms with Crippen LogP contribution in [-0.4, -0.2) is 34.1 Å². The number of carbonyl (C=O) groups excluding carboxylic acids is 2. The summed E-state index contributed by atoms with van der Waals surface area (Å²) in [7, 11) is 0. The molecule has 1 amide bonds. The molecule has 12 heteroatoms. The van der Waals surface area contributed by atoms with Crippen LogP contribution in [0, 0.1) is 11.3 Å². The number of carbonyl (C=O) groups is 2. The Morgan fingerprint density at radius 3 is 2.84 bits per heavy atom. The van der Waals surface area contributed by atoms with E-state index in [2.05, 4.69) is 30.6 Å². The Labute approximate surface area is 204 Å². The number of hydrogen-bond donors (Lipinski definition) is 1. The van der Waals surface area contributed by atoms with E-state index in [0.717, 1.165) is 11.5 Å². The van der Waals surface area contributed by atoms with E-state index in [0.29, 0.717) is 37.6 Å². The minimum absolute atomic E-state index is 0.136. The quantitative estimate of drug-likeness (QED) is 0.133. The Morgan fingerprint density at radius 2 is 2.22 bits per heavy atom. The van der Waals surface area contributed by atoms with Crippen LogP contribution in [0.2, 0.25) is 0 Å². The van der Waals surface area contributed by atoms with E-state index in [9.17, 15) is 14.9 Å². The number of nitrogens with one attached hydrogen (secondary N) is 1. The fourth-order valence-electron chi connectivity index (χ4n) is 2.39. The summed E-state index contributed by atoms with van der Waals surface area (Å²) in [5, 5.41) is 14.7. The first-order chi connectivity index (χ1) is 15.4. The van der Waals surface area contributed by atoms with E-state index in [1.807, 2.05) is 12.3 Å². The third-order valence-electron chi connectivity index (χ3n) is 3.74. The van der Waals surface area contributed by atoms with Gasteiger partial charge in [0, 0.05) is 11.5 Å². The van der Waals surface area contributed by atoms with Crippen molar-refractivity contribution in [3.63, 3.8) is 0 Å². The highest BCUT2D eigenvalue weighted by Crippen LogP contribution is 2.38. The lowest BCUT2D eigenvalue weighted by Crippen LogP contribution is -2.13. The summed E-state index contributed by atoms with van der Waals surface area (Å²) in [5.41, 5.74) is 0.369. The number of anilines is 1. The zero-order chi connectivity index (χ0) is 23.1. The molecule has 0 spiro atoms. The van der Waals surface area contributed by atoms with Crippen LogP contribution in [0.5, 0.6) is 11.5 Å². The Hall–Kier alpha value is -2.72. The lowest BCUT2D eigenvalue weighted by molar-refractivity contribution is -0.112. The molecule has 0 atom stereocenters. The van der Waals surface area contributed by atoms with Gasteiger partial charge in [0.1, 0.15) is 16.5 Å². The zero-order valence-corrected chi connectivity index (χ0v) is 20.8. The number of thioether (sulfide) groups is 1. The predicted molar refractivity (Wildman–Crippen MR) is 128 cm³/mol. The minimum Gasteiger partial charge on any atom is -0.490 e. The number of hydrogen-bond acceptors (Lipinski definition) is 10. The first-order valence-corrected chi connectivity index (χ1v) is 12.6. The van der Waals surface area contributed by atoms with Crippen molar-refractivity contribution in [1.82, 2.24) is 9.36 Å². The third-order valence-corrected chi connectivity index (χ3v) is 6.47. The maximum Gasteiger partial charge on any atom is 0.353 e. The molecule has 0 aliphatic rings. The number of benzene rings is 1. The average molecular weight is 551 g/mol. The molecule has 3 rings (SSSR count). The molecule has 2 aromatic heterocycles. The van der Waals surface area contributed by atoms with E-state index in [1.165, 1.54) is 29.2 Å². The number of nitrogens with zero attached hydrogens (tertiary/aromatic N) is 3. The number of nitriles is 1. The number of rotatable bonds is 8. The summed E-state index contributed by atoms with van der Waals surface area (Å²) in [6, 6.07) is 8.52. The second-order valence-corrected chi connectivity index (χ2v) is 9.17. The highest BCUT2D eigenvalue weighted by molar-refractivity contribution is 9.10. The SMILES string of the molecule is CCOc1cc(/C=C(/C#N)C(=O)Nc2nc(SC)ns2)cc(Br)c1OC(=O)c1cccs1. The molecule has 0 radical (unpaired) electrons. The van der Waals surface area contributed by atoms with E-state index < -0.39 is 11.9 Å². The first-order valence-electron chi connectivity index (χ1n) is 8.98. The number of esters is 1. The predicted octanol–water partition coefficient (Wildman–Crippen LogP) is 5.25. The van der Waals surface area contributed by atoms with Crippen LogP contribution < -0.4 is 14.8 Å². The van der Waals surface area contributed by atoms with Crippen LogP contribution in [0.3, 0.4) is 0 Å². The summed E-state index contributed by atoms with van der Waals surface area (Å²) < 4.78 is 15.6. The fraction of sp³-hybridized carbons (Fsp3) is 0.150. The molecule has 2 heterocycles. The van der Waals surface area contributed by atoms with E-state index in [1.54, 1.807) is 36.6 Å². The summed E-state index contributed by atoms with van der Waals surface area (Å²) in [4.78, 5) is 29.5. The van der Waals surface area contributed by atoms with Crippen molar-refractivity contribution in [3.05, 3.63) is 50.1 Å². The van der Waals surface area contributed by atoms with Gasteiger partial charge in [0.15, 0.2) is 11.5 Å². The molecule has 0 saturated carbocycles. The molecule has 1 N–H and O–H groups in total. The number of amides is 1. The van der Waals surface area contributed by atoms with E-state index in [4.69, 9.17) is 9.47 Å². The average Bonchev–Trinajstić information content (AvgIpc) is 3.46. The van der Waals surface area contributed by atoms with Gasteiger partial charge in [-0.2, -0.15) is 14.6 Å². The molecule has 0 bridgehead atoms. The zero-order valence-electron chi connectivity index (χ0n) is 16.7. The first kappa shape index (κ1) is 23.9. The topological polar surface area (TPSA) is 114 Å². The highest BCUT2D eigenvalue weighted by Gasteiger charge is 2.19. The maximum atomic E-state index is 12.5. The van der Waals surface area contributed by atoms with Gasteiger partial charge < -0.3 is 9.47 Å². The fourth-order valence-corrected chi connectivity index (χ4v) is 4.66. The standard InChI is InChI=1S/C20H15BrN4O4S3/c1-3-28-14-9-11(8-13(21)16(14)29-18(27)15-5-4-6-31-15)7-12(10-22)17(26)23-19-24-20(30-2)25-32-19/h4-9H,3H2,1-2H3,(H,23,24,25,26)/b12-7-. The van der Waals surface area contributed by atoms with Crippen molar-refractivity contribution in [2.45, 2.75) is 12.1 Å². The smallest absolute Gasteiger partial charge is 0.353 e. The van der Waals surface area contributed by atoms with Gasteiger partial charge in [-0.05, 0) is 64.3 Å². The van der Waals surface area contributed by atoms with Crippen LogP contribution in [0.1, 0.15) is 22.2 Å². The Bertz CT molecular complexity index is 1200. The summed E-state index contributed by atoms with van der Waals surface area (Å²) in [6.45, 7) is 2.12. The van der Waals surface area contributed by atoms with Crippen molar-refractivity contribution in [2.75, 3.05) is 18.2 Å². The van der Waals surface area contributed by atoms with Gasteiger partial charge in [0.25, 0.3) is 5.91 Å². The van der Waals surface area contributed by atoms with Crippen LogP contribution >= 0.6 is 50.6 Å². The third kappa shape index (κ3) is 5.95. The van der Waals surface area contributed by atoms with Gasteiger partial charge in [-0.25, -0.2) is 4.79 Å². The van der Waals surface area contributed by atoms with Crippen LogP contribution in [0.25, 0.3) is 6.08 Å². The van der Waals surface area contributed by atoms with Gasteiger partial charge in [-0.15, -0.1) is 11.3 Å². The van der Waals surface area contributed by atoms with Crippen molar-refractivity contribution in [3.8, 4) is 17.6 Å². The van der Waals surface area contributed by atoms with E-state index in [-0.39, 0.29) is 11.3 Å². The van der Waals surface area contributed by atoms with Crippen LogP contribution in [0.15, 0.2) is 44.8 Å². The van der Waals surface area contributed by atoms with Gasteiger partial charge >= 0.3 is 5.97 Å². The molecule has 8 nitrogen and oxygen atoms in total. The molecule has 164 valence electrons. The Kier molecular flexibility index (Phi) is 8.40. The second kappa shape index (κ2) is 11.2. The lowest BCUT2D eigenvalue weighted by atomic mass is 10.1. The number of thiophene rings is 1. The van der Waals surface area contributed by atoms with Crippen molar-refractivity contribution in [2.24, 2.45) is 0 Å². The normalized spacial score (nSPS) is 11.0. The molecule has 32 heavy (non-hydrogen) atoms. The molecular formula is C20H15BrN4O4S3. The lowest BCUT2D eigenvalue weighted by Gasteiger charge is -2.13. The summed E-state index contributed by atoms with van der Waals surface area (Å²) in [5.74, 6) is -0.615. The molecule has 1 aromatic carbocycles. The van der Waals surface area contributed by atoms with Gasteiger partial charge in [0.05, 0.1) is 11.1 Å². The van der Waals surface area contributed by atoms with Gasteiger partial charge in [0.2, 0.25) is 10.3 Å². The largest absolute Gasteiger partial charge is 0.490 e. The van der Waals surface area contributed by atoms with Crippen LogP contribution in [0.4, 0.5) is 5.13 Å². The highest BCUT2D eigenvalue weighted by atomic mass is 79.9. The number of aromatic nitrogens is 2. The molecule has 0 fully saturated rings. The summed E-state index contributed by atoms with van der Waals surface area (Å²) >= 11 is 7.03. The molecule has 3 aromatic rings. The Balaban J connectivity index is 1.87. The molecular weight excluding hydrogens is 536 g/mol. The summed E-state index contributed by atoms with van der Waals surface area (Å²) in [6.07, 6.45) is 3.23. The van der Waals surface area contributed by atoms with Gasteiger partial charge in [-0.1, -0.05) is 17.8 Å². The minimum atomic E-state index is -0.612. The molecule has 0 aliphatic heterocycles. The van der Waals surface area contributed by atoms with Crippen molar-refractivity contribution < 1.29 is 19.1 Å². The monoisotopic (exact) mass is 550 g/mol. The maximum absolute atomic E-state index is 12.5.